The minimum atomic E-state index is 0.423. The van der Waals surface area contributed by atoms with E-state index < -0.39 is 0 Å². The summed E-state index contributed by atoms with van der Waals surface area (Å²) in [7, 11) is 0. The van der Waals surface area contributed by atoms with Crippen LogP contribution in [0, 0.1) is 0 Å². The summed E-state index contributed by atoms with van der Waals surface area (Å²) in [5.74, 6) is 0.423. The quantitative estimate of drug-likeness (QED) is 0.704. The molecule has 3 aromatic rings. The van der Waals surface area contributed by atoms with Gasteiger partial charge in [-0.2, -0.15) is 0 Å². The lowest BCUT2D eigenvalue weighted by Gasteiger charge is -2.20. The van der Waals surface area contributed by atoms with Crippen LogP contribution in [0.2, 0.25) is 0 Å². The van der Waals surface area contributed by atoms with Gasteiger partial charge in [-0.05, 0) is 68.1 Å². The standard InChI is InChI=1S/C26H20O/c27-26-24(15-18-9-11-20-5-1-3-7-22(20)13-18)17-25(26)16-19-10-12-21-6-2-4-8-23(21)14-19/h1-7,9-16,27H,8,17H2/b19-16+,24-15-. The normalized spacial score (nSPS) is 17.8. The number of fused-ring (bicyclic) bond motifs is 2. The number of aliphatic hydroxyl groups is 1. The Morgan fingerprint density at radius 3 is 2.63 bits per heavy atom. The second-order valence-corrected chi connectivity index (χ2v) is 7.23. The summed E-state index contributed by atoms with van der Waals surface area (Å²) < 4.78 is 0. The first kappa shape index (κ1) is 15.9. The highest BCUT2D eigenvalue weighted by Crippen LogP contribution is 2.34. The molecule has 130 valence electrons. The molecule has 0 aromatic heterocycles. The minimum absolute atomic E-state index is 0.423. The molecule has 2 aliphatic rings. The maximum atomic E-state index is 10.5. The van der Waals surface area contributed by atoms with Gasteiger partial charge < -0.3 is 5.11 Å². The Kier molecular flexibility index (Phi) is 3.79. The van der Waals surface area contributed by atoms with E-state index in [0.717, 1.165) is 34.8 Å². The van der Waals surface area contributed by atoms with Crippen LogP contribution in [0.15, 0.2) is 89.7 Å². The van der Waals surface area contributed by atoms with E-state index in [4.69, 9.17) is 0 Å². The summed E-state index contributed by atoms with van der Waals surface area (Å²) in [6, 6.07) is 21.3. The van der Waals surface area contributed by atoms with Gasteiger partial charge in [0.1, 0.15) is 5.76 Å². The molecule has 0 aliphatic heterocycles. The summed E-state index contributed by atoms with van der Waals surface area (Å²) in [5, 5.41) is 15.4. The molecule has 0 unspecified atom stereocenters. The van der Waals surface area contributed by atoms with Gasteiger partial charge in [0.25, 0.3) is 0 Å². The number of rotatable bonds is 2. The van der Waals surface area contributed by atoms with Crippen molar-refractivity contribution in [3.8, 4) is 0 Å². The summed E-state index contributed by atoms with van der Waals surface area (Å²) in [5.41, 5.74) is 4.49. The van der Waals surface area contributed by atoms with Crippen LogP contribution >= 0.6 is 0 Å². The van der Waals surface area contributed by atoms with Crippen molar-refractivity contribution in [3.63, 3.8) is 0 Å². The molecule has 0 amide bonds. The van der Waals surface area contributed by atoms with E-state index in [9.17, 15) is 5.11 Å². The Morgan fingerprint density at radius 1 is 0.852 bits per heavy atom. The maximum Gasteiger partial charge on any atom is 0.122 e. The predicted octanol–water partition coefficient (Wildman–Crippen LogP) is 4.81. The predicted molar refractivity (Wildman–Crippen MR) is 114 cm³/mol. The number of benzene rings is 3. The molecule has 2 aliphatic carbocycles. The highest BCUT2D eigenvalue weighted by molar-refractivity contribution is 5.85. The molecule has 0 spiro atoms. The molecule has 27 heavy (non-hydrogen) atoms. The van der Waals surface area contributed by atoms with Crippen LogP contribution < -0.4 is 10.4 Å². The largest absolute Gasteiger partial charge is 0.507 e. The molecule has 0 radical (unpaired) electrons. The first-order valence-electron chi connectivity index (χ1n) is 9.36. The average Bonchev–Trinajstić information content (AvgIpc) is 2.72. The fourth-order valence-electron chi connectivity index (χ4n) is 3.83. The molecular formula is C26H20O. The molecule has 1 nitrogen and oxygen atoms in total. The van der Waals surface area contributed by atoms with Crippen molar-refractivity contribution < 1.29 is 5.11 Å². The van der Waals surface area contributed by atoms with Crippen molar-refractivity contribution >= 4 is 29.0 Å². The maximum absolute atomic E-state index is 10.5. The van der Waals surface area contributed by atoms with Gasteiger partial charge >= 0.3 is 0 Å². The first-order valence-corrected chi connectivity index (χ1v) is 9.36. The van der Waals surface area contributed by atoms with Crippen molar-refractivity contribution in [2.75, 3.05) is 0 Å². The smallest absolute Gasteiger partial charge is 0.122 e. The van der Waals surface area contributed by atoms with Crippen LogP contribution in [0.3, 0.4) is 0 Å². The second kappa shape index (κ2) is 6.44. The Hall–Kier alpha value is -3.32. The molecule has 0 saturated carbocycles. The van der Waals surface area contributed by atoms with Crippen LogP contribution in [-0.4, -0.2) is 5.11 Å². The van der Waals surface area contributed by atoms with Crippen LogP contribution in [0.25, 0.3) is 29.0 Å². The third-order valence-electron chi connectivity index (χ3n) is 5.36. The van der Waals surface area contributed by atoms with Crippen LogP contribution in [0.4, 0.5) is 0 Å². The molecule has 1 N–H and O–H groups in total. The minimum Gasteiger partial charge on any atom is -0.507 e. The lowest BCUT2D eigenvalue weighted by Crippen LogP contribution is -2.17. The van der Waals surface area contributed by atoms with Gasteiger partial charge in [-0.3, -0.25) is 0 Å². The molecule has 0 bridgehead atoms. The van der Waals surface area contributed by atoms with Gasteiger partial charge in [0.05, 0.1) is 0 Å². The van der Waals surface area contributed by atoms with Crippen molar-refractivity contribution in [2.24, 2.45) is 0 Å². The van der Waals surface area contributed by atoms with Crippen LogP contribution in [0.5, 0.6) is 0 Å². The monoisotopic (exact) mass is 348 g/mol. The summed E-state index contributed by atoms with van der Waals surface area (Å²) in [6.45, 7) is 0. The molecule has 5 rings (SSSR count). The third-order valence-corrected chi connectivity index (χ3v) is 5.36. The second-order valence-electron chi connectivity index (χ2n) is 7.23. The van der Waals surface area contributed by atoms with Gasteiger partial charge in [-0.1, -0.05) is 72.8 Å². The van der Waals surface area contributed by atoms with E-state index in [1.165, 1.54) is 21.6 Å². The highest BCUT2D eigenvalue weighted by Gasteiger charge is 2.20. The molecule has 0 saturated heterocycles. The fraction of sp³-hybridized carbons (Fsp3) is 0.0769. The molecule has 3 aromatic carbocycles. The lowest BCUT2D eigenvalue weighted by atomic mass is 9.87. The Balaban J connectivity index is 1.45. The molecule has 1 heteroatoms. The molecular weight excluding hydrogens is 328 g/mol. The molecule has 0 atom stereocenters. The van der Waals surface area contributed by atoms with Gasteiger partial charge in [-0.15, -0.1) is 0 Å². The van der Waals surface area contributed by atoms with E-state index in [0.29, 0.717) is 5.76 Å². The van der Waals surface area contributed by atoms with Gasteiger partial charge in [0.2, 0.25) is 0 Å². The van der Waals surface area contributed by atoms with Gasteiger partial charge in [0.15, 0.2) is 0 Å². The fourth-order valence-corrected chi connectivity index (χ4v) is 3.83. The van der Waals surface area contributed by atoms with E-state index >= 15 is 0 Å². The zero-order valence-corrected chi connectivity index (χ0v) is 15.0. The number of hydrogen-bond donors (Lipinski definition) is 1. The zero-order valence-electron chi connectivity index (χ0n) is 15.0. The van der Waals surface area contributed by atoms with E-state index in [2.05, 4.69) is 91.0 Å². The highest BCUT2D eigenvalue weighted by atomic mass is 16.3. The van der Waals surface area contributed by atoms with Gasteiger partial charge in [0, 0.05) is 6.42 Å². The Morgan fingerprint density at radius 2 is 1.74 bits per heavy atom. The molecule has 0 heterocycles. The summed E-state index contributed by atoms with van der Waals surface area (Å²) in [6.07, 6.45) is 12.4. The number of hydrogen-bond acceptors (Lipinski definition) is 1. The Bertz CT molecular complexity index is 1270. The zero-order chi connectivity index (χ0) is 18.2. The lowest BCUT2D eigenvalue weighted by molar-refractivity contribution is 0.400. The van der Waals surface area contributed by atoms with Crippen molar-refractivity contribution in [1.29, 1.82) is 0 Å². The summed E-state index contributed by atoms with van der Waals surface area (Å²) >= 11 is 0. The summed E-state index contributed by atoms with van der Waals surface area (Å²) in [4.78, 5) is 0. The Labute approximate surface area is 158 Å². The number of allylic oxidation sites excluding steroid dienone is 4. The molecule has 0 fully saturated rings. The van der Waals surface area contributed by atoms with Crippen molar-refractivity contribution in [1.82, 2.24) is 0 Å². The van der Waals surface area contributed by atoms with Crippen molar-refractivity contribution in [2.45, 2.75) is 12.8 Å². The van der Waals surface area contributed by atoms with Crippen LogP contribution in [0.1, 0.15) is 17.5 Å². The van der Waals surface area contributed by atoms with Crippen molar-refractivity contribution in [3.05, 3.63) is 111 Å². The van der Waals surface area contributed by atoms with E-state index in [1.807, 2.05) is 0 Å². The van der Waals surface area contributed by atoms with E-state index in [-0.39, 0.29) is 0 Å². The topological polar surface area (TPSA) is 20.2 Å². The number of aliphatic hydroxyl groups excluding tert-OH is 1. The van der Waals surface area contributed by atoms with Gasteiger partial charge in [-0.25, -0.2) is 0 Å². The third kappa shape index (κ3) is 3.02. The average molecular weight is 348 g/mol. The first-order chi connectivity index (χ1) is 13.3. The van der Waals surface area contributed by atoms with E-state index in [1.54, 1.807) is 0 Å². The van der Waals surface area contributed by atoms with Crippen LogP contribution in [-0.2, 0) is 6.42 Å². The SMILES string of the molecule is OC1=C(/C=c2\ccc3c(c2)CC=CC=3)C/C1=C/c1ccc2ccccc2c1.